The Morgan fingerprint density at radius 1 is 1.29 bits per heavy atom. The van der Waals surface area contributed by atoms with Crippen LogP contribution in [-0.4, -0.2) is 35.6 Å². The molecule has 0 heterocycles. The van der Waals surface area contributed by atoms with Gasteiger partial charge >= 0.3 is 0 Å². The van der Waals surface area contributed by atoms with E-state index in [9.17, 15) is 5.11 Å². The van der Waals surface area contributed by atoms with Crippen LogP contribution in [0.4, 0.5) is 0 Å². The molecule has 0 fully saturated rings. The molecule has 103 valence electrons. The molecular weight excluding hydrogens is 216 g/mol. The number of unbranched alkanes of at least 4 members (excludes halogenated alkanes) is 1. The molecule has 2 atom stereocenters. The fourth-order valence-corrected chi connectivity index (χ4v) is 1.79. The van der Waals surface area contributed by atoms with Crippen molar-refractivity contribution in [2.24, 2.45) is 5.92 Å². The lowest BCUT2D eigenvalue weighted by Gasteiger charge is -2.24. The van der Waals surface area contributed by atoms with Gasteiger partial charge in [0.25, 0.3) is 0 Å². The first-order valence-electron chi connectivity index (χ1n) is 6.82. The molecular formula is C14H29O3. The predicted octanol–water partition coefficient (Wildman–Crippen LogP) is 2.56. The molecule has 0 saturated carbocycles. The van der Waals surface area contributed by atoms with Gasteiger partial charge in [-0.25, -0.2) is 0 Å². The van der Waals surface area contributed by atoms with Gasteiger partial charge in [-0.05, 0) is 32.1 Å². The quantitative estimate of drug-likeness (QED) is 0.588. The molecule has 2 unspecified atom stereocenters. The fourth-order valence-electron chi connectivity index (χ4n) is 1.79. The summed E-state index contributed by atoms with van der Waals surface area (Å²) in [4.78, 5) is 0. The monoisotopic (exact) mass is 245 g/mol. The number of hydrogen-bond acceptors (Lipinski definition) is 3. The highest BCUT2D eigenvalue weighted by Gasteiger charge is 2.20. The van der Waals surface area contributed by atoms with Gasteiger partial charge in [0.15, 0.2) is 0 Å². The van der Waals surface area contributed by atoms with E-state index in [0.717, 1.165) is 6.42 Å². The molecule has 0 amide bonds. The second-order valence-electron chi connectivity index (χ2n) is 4.98. The van der Waals surface area contributed by atoms with Gasteiger partial charge in [-0.3, -0.25) is 0 Å². The van der Waals surface area contributed by atoms with Crippen molar-refractivity contribution in [3.63, 3.8) is 0 Å². The summed E-state index contributed by atoms with van der Waals surface area (Å²) in [5, 5.41) is 18.6. The standard InChI is InChI=1S/C14H29O3/c1-4-6-8-13(5-2)11-17-12-14(3,16)9-7-10-15/h13,15-16H,3-12H2,1-2H3. The molecule has 0 rings (SSSR count). The molecule has 17 heavy (non-hydrogen) atoms. The van der Waals surface area contributed by atoms with Crippen LogP contribution in [0, 0.1) is 12.8 Å². The topological polar surface area (TPSA) is 49.7 Å². The van der Waals surface area contributed by atoms with Crippen LogP contribution >= 0.6 is 0 Å². The molecule has 0 aliphatic carbocycles. The van der Waals surface area contributed by atoms with Crippen LogP contribution < -0.4 is 0 Å². The van der Waals surface area contributed by atoms with Crippen LogP contribution in [0.5, 0.6) is 0 Å². The lowest BCUT2D eigenvalue weighted by molar-refractivity contribution is -0.0340. The maximum absolute atomic E-state index is 9.86. The minimum absolute atomic E-state index is 0.0892. The Kier molecular flexibility index (Phi) is 9.79. The van der Waals surface area contributed by atoms with E-state index < -0.39 is 5.60 Å². The summed E-state index contributed by atoms with van der Waals surface area (Å²) >= 11 is 0. The SMILES string of the molecule is [CH2]C(O)(CCCO)COCC(CC)CCCC. The van der Waals surface area contributed by atoms with Crippen molar-refractivity contribution in [2.75, 3.05) is 19.8 Å². The number of ether oxygens (including phenoxy) is 1. The van der Waals surface area contributed by atoms with Crippen molar-refractivity contribution in [2.45, 2.75) is 58.0 Å². The molecule has 0 aromatic heterocycles. The van der Waals surface area contributed by atoms with E-state index in [2.05, 4.69) is 20.8 Å². The third-order valence-corrected chi connectivity index (χ3v) is 3.07. The molecule has 0 spiro atoms. The molecule has 1 radical (unpaired) electrons. The first kappa shape index (κ1) is 16.9. The zero-order valence-corrected chi connectivity index (χ0v) is 11.5. The smallest absolute Gasteiger partial charge is 0.0882 e. The lowest BCUT2D eigenvalue weighted by atomic mass is 9.99. The number of rotatable bonds is 11. The van der Waals surface area contributed by atoms with E-state index in [4.69, 9.17) is 9.84 Å². The maximum atomic E-state index is 9.86. The molecule has 0 bridgehead atoms. The van der Waals surface area contributed by atoms with Crippen molar-refractivity contribution in [3.8, 4) is 0 Å². The third kappa shape index (κ3) is 9.57. The van der Waals surface area contributed by atoms with E-state index in [0.29, 0.717) is 25.4 Å². The molecule has 0 aliphatic heterocycles. The first-order chi connectivity index (χ1) is 8.05. The highest BCUT2D eigenvalue weighted by molar-refractivity contribution is 4.80. The Morgan fingerprint density at radius 3 is 2.53 bits per heavy atom. The van der Waals surface area contributed by atoms with Crippen molar-refractivity contribution < 1.29 is 14.9 Å². The minimum atomic E-state index is -1.05. The molecule has 3 nitrogen and oxygen atoms in total. The van der Waals surface area contributed by atoms with Gasteiger partial charge in [0.2, 0.25) is 0 Å². The van der Waals surface area contributed by atoms with Crippen LogP contribution in [0.2, 0.25) is 0 Å². The Labute approximate surface area is 106 Å². The number of aliphatic hydroxyl groups excluding tert-OH is 1. The van der Waals surface area contributed by atoms with E-state index >= 15 is 0 Å². The summed E-state index contributed by atoms with van der Waals surface area (Å²) in [5.41, 5.74) is -1.05. The van der Waals surface area contributed by atoms with E-state index in [1.54, 1.807) is 0 Å². The Balaban J connectivity index is 3.70. The van der Waals surface area contributed by atoms with Crippen LogP contribution in [0.25, 0.3) is 0 Å². The second-order valence-corrected chi connectivity index (χ2v) is 4.98. The third-order valence-electron chi connectivity index (χ3n) is 3.07. The Morgan fingerprint density at radius 2 is 2.00 bits per heavy atom. The molecule has 0 aromatic carbocycles. The van der Waals surface area contributed by atoms with Gasteiger partial charge in [-0.1, -0.05) is 33.1 Å². The Hall–Kier alpha value is -0.120. The van der Waals surface area contributed by atoms with Gasteiger partial charge in [0, 0.05) is 13.2 Å². The maximum Gasteiger partial charge on any atom is 0.0882 e. The summed E-state index contributed by atoms with van der Waals surface area (Å²) in [7, 11) is 0. The molecule has 0 aliphatic rings. The average Bonchev–Trinajstić information content (AvgIpc) is 2.31. The number of aliphatic hydroxyl groups is 2. The van der Waals surface area contributed by atoms with Crippen molar-refractivity contribution >= 4 is 0 Å². The van der Waals surface area contributed by atoms with Crippen LogP contribution in [-0.2, 0) is 4.74 Å². The van der Waals surface area contributed by atoms with E-state index in [1.807, 2.05) is 0 Å². The van der Waals surface area contributed by atoms with Crippen molar-refractivity contribution in [1.29, 1.82) is 0 Å². The lowest BCUT2D eigenvalue weighted by Crippen LogP contribution is -2.32. The van der Waals surface area contributed by atoms with Gasteiger partial charge in [-0.2, -0.15) is 0 Å². The fraction of sp³-hybridized carbons (Fsp3) is 0.929. The number of hydrogen-bond donors (Lipinski definition) is 2. The Bertz CT molecular complexity index is 169. The van der Waals surface area contributed by atoms with Gasteiger partial charge in [0.05, 0.1) is 12.2 Å². The largest absolute Gasteiger partial charge is 0.396 e. The second kappa shape index (κ2) is 9.86. The molecule has 0 saturated heterocycles. The molecule has 2 N–H and O–H groups in total. The summed E-state index contributed by atoms with van der Waals surface area (Å²) in [6, 6.07) is 0. The molecule has 3 heteroatoms. The van der Waals surface area contributed by atoms with Gasteiger partial charge in [0.1, 0.15) is 0 Å². The minimum Gasteiger partial charge on any atom is -0.396 e. The van der Waals surface area contributed by atoms with Gasteiger partial charge in [-0.15, -0.1) is 0 Å². The van der Waals surface area contributed by atoms with Crippen molar-refractivity contribution in [1.82, 2.24) is 0 Å². The summed E-state index contributed by atoms with van der Waals surface area (Å²) in [6.07, 6.45) is 5.81. The van der Waals surface area contributed by atoms with Crippen LogP contribution in [0.1, 0.15) is 52.4 Å². The van der Waals surface area contributed by atoms with Crippen LogP contribution in [0.3, 0.4) is 0 Å². The van der Waals surface area contributed by atoms with Crippen molar-refractivity contribution in [3.05, 3.63) is 6.92 Å². The normalized spacial score (nSPS) is 16.8. The molecule has 0 aromatic rings. The van der Waals surface area contributed by atoms with E-state index in [1.165, 1.54) is 19.3 Å². The van der Waals surface area contributed by atoms with Gasteiger partial charge < -0.3 is 14.9 Å². The highest BCUT2D eigenvalue weighted by atomic mass is 16.5. The zero-order chi connectivity index (χ0) is 13.1. The zero-order valence-electron chi connectivity index (χ0n) is 11.5. The average molecular weight is 245 g/mol. The van der Waals surface area contributed by atoms with E-state index in [-0.39, 0.29) is 13.2 Å². The highest BCUT2D eigenvalue weighted by Crippen LogP contribution is 2.16. The first-order valence-corrected chi connectivity index (χ1v) is 6.82. The summed E-state index contributed by atoms with van der Waals surface area (Å²) in [6.45, 7) is 9.13. The summed E-state index contributed by atoms with van der Waals surface area (Å²) in [5.74, 6) is 0.587. The summed E-state index contributed by atoms with van der Waals surface area (Å²) < 4.78 is 5.55. The van der Waals surface area contributed by atoms with Crippen LogP contribution in [0.15, 0.2) is 0 Å². The predicted molar refractivity (Wildman–Crippen MR) is 70.8 cm³/mol.